The number of rotatable bonds is 6. The van der Waals surface area contributed by atoms with Gasteiger partial charge in [0.15, 0.2) is 0 Å². The topological polar surface area (TPSA) is 97.3 Å². The summed E-state index contributed by atoms with van der Waals surface area (Å²) in [5.74, 6) is -0.360. The molecule has 1 aromatic heterocycles. The second-order valence-electron chi connectivity index (χ2n) is 7.24. The fraction of sp³-hybridized carbons (Fsp3) is 0.300. The van der Waals surface area contributed by atoms with E-state index in [0.717, 1.165) is 11.3 Å². The molecule has 1 amide bonds. The summed E-state index contributed by atoms with van der Waals surface area (Å²) in [7, 11) is -3.95. The molecule has 1 heterocycles. The van der Waals surface area contributed by atoms with Gasteiger partial charge in [0.25, 0.3) is 15.9 Å². The minimum Gasteiger partial charge on any atom is -0.350 e. The molecule has 0 atom stereocenters. The Bertz CT molecular complexity index is 1220. The Kier molecular flexibility index (Phi) is 5.81. The molecule has 0 unspecified atom stereocenters. The van der Waals surface area contributed by atoms with Gasteiger partial charge in [-0.2, -0.15) is 0 Å². The highest BCUT2D eigenvalue weighted by molar-refractivity contribution is 7.92. The quantitative estimate of drug-likeness (QED) is 0.621. The van der Waals surface area contributed by atoms with Crippen LogP contribution in [0.3, 0.4) is 0 Å². The Hall–Kier alpha value is -2.65. The van der Waals surface area contributed by atoms with Crippen molar-refractivity contribution in [3.8, 4) is 0 Å². The van der Waals surface area contributed by atoms with E-state index in [1.165, 1.54) is 12.1 Å². The highest BCUT2D eigenvalue weighted by atomic mass is 32.2. The molecule has 2 aromatic carbocycles. The normalized spacial score (nSPS) is 11.9. The summed E-state index contributed by atoms with van der Waals surface area (Å²) in [6, 6.07) is 10.9. The molecule has 0 bridgehead atoms. The first kappa shape index (κ1) is 21.1. The molecule has 29 heavy (non-hydrogen) atoms. The van der Waals surface area contributed by atoms with Crippen LogP contribution in [0.5, 0.6) is 0 Å². The van der Waals surface area contributed by atoms with Crippen molar-refractivity contribution >= 4 is 43.2 Å². The number of para-hydroxylation sites is 1. The highest BCUT2D eigenvalue weighted by Crippen LogP contribution is 2.26. The first-order chi connectivity index (χ1) is 13.6. The van der Waals surface area contributed by atoms with E-state index in [0.29, 0.717) is 10.2 Å². The monoisotopic (exact) mass is 433 g/mol. The second kappa shape index (κ2) is 8.00. The average molecular weight is 434 g/mol. The van der Waals surface area contributed by atoms with Gasteiger partial charge in [0.2, 0.25) is 0 Å². The van der Waals surface area contributed by atoms with E-state index in [4.69, 9.17) is 0 Å². The summed E-state index contributed by atoms with van der Waals surface area (Å²) < 4.78 is 30.6. The molecule has 7 nitrogen and oxygen atoms in total. The fourth-order valence-corrected chi connectivity index (χ4v) is 5.22. The third-order valence-corrected chi connectivity index (χ3v) is 6.53. The average Bonchev–Trinajstić information content (AvgIpc) is 2.96. The van der Waals surface area contributed by atoms with Crippen molar-refractivity contribution in [2.45, 2.75) is 44.7 Å². The lowest BCUT2D eigenvalue weighted by molar-refractivity contribution is 0.0944. The molecule has 0 aliphatic rings. The fourth-order valence-electron chi connectivity index (χ4n) is 2.99. The maximum Gasteiger partial charge on any atom is 0.308 e. The minimum absolute atomic E-state index is 0.0248. The molecule has 0 saturated heterocycles. The van der Waals surface area contributed by atoms with Gasteiger partial charge in [-0.3, -0.25) is 18.9 Å². The van der Waals surface area contributed by atoms with Crippen molar-refractivity contribution in [2.75, 3.05) is 4.72 Å². The number of hydrogen-bond donors (Lipinski definition) is 2. The van der Waals surface area contributed by atoms with Gasteiger partial charge in [-0.1, -0.05) is 23.5 Å². The van der Waals surface area contributed by atoms with Crippen LogP contribution in [0.4, 0.5) is 5.69 Å². The van der Waals surface area contributed by atoms with E-state index in [1.807, 2.05) is 27.7 Å². The number of aromatic nitrogens is 1. The summed E-state index contributed by atoms with van der Waals surface area (Å²) in [5.41, 5.74) is 1.13. The third-order valence-electron chi connectivity index (χ3n) is 4.25. The molecule has 9 heteroatoms. The van der Waals surface area contributed by atoms with Gasteiger partial charge in [-0.05, 0) is 58.0 Å². The number of nitrogens with zero attached hydrogens (tertiary/aromatic N) is 1. The Morgan fingerprint density at radius 2 is 1.76 bits per heavy atom. The van der Waals surface area contributed by atoms with E-state index in [1.54, 1.807) is 34.9 Å². The van der Waals surface area contributed by atoms with Crippen LogP contribution in [0.25, 0.3) is 10.2 Å². The SMILES string of the molecule is CC(C)NC(=O)c1ccccc1NS(=O)(=O)c1ccc2c(c1)sc(=O)n2C(C)C. The van der Waals surface area contributed by atoms with E-state index in [-0.39, 0.29) is 39.0 Å². The second-order valence-corrected chi connectivity index (χ2v) is 9.92. The molecule has 0 saturated carbocycles. The molecule has 3 rings (SSSR count). The Morgan fingerprint density at radius 1 is 1.07 bits per heavy atom. The standard InChI is InChI=1S/C20H23N3O4S2/c1-12(2)21-19(24)15-7-5-6-8-16(15)22-29(26,27)14-9-10-17-18(11-14)28-20(25)23(17)13(3)4/h5-13,22H,1-4H3,(H,21,24). The highest BCUT2D eigenvalue weighted by Gasteiger charge is 2.20. The predicted molar refractivity (Wildman–Crippen MR) is 116 cm³/mol. The number of hydrogen-bond acceptors (Lipinski definition) is 5. The van der Waals surface area contributed by atoms with Crippen LogP contribution >= 0.6 is 11.3 Å². The molecule has 0 aliphatic carbocycles. The number of carbonyl (C=O) groups is 1. The summed E-state index contributed by atoms with van der Waals surface area (Å²) in [5, 5.41) is 2.76. The zero-order valence-corrected chi connectivity index (χ0v) is 18.2. The number of carbonyl (C=O) groups excluding carboxylic acids is 1. The van der Waals surface area contributed by atoms with Gasteiger partial charge in [0, 0.05) is 12.1 Å². The molecular weight excluding hydrogens is 410 g/mol. The van der Waals surface area contributed by atoms with Crippen molar-refractivity contribution in [3.63, 3.8) is 0 Å². The lowest BCUT2D eigenvalue weighted by Crippen LogP contribution is -2.31. The third kappa shape index (κ3) is 4.35. The maximum absolute atomic E-state index is 12.9. The molecule has 154 valence electrons. The van der Waals surface area contributed by atoms with Crippen LogP contribution in [0.15, 0.2) is 52.2 Å². The first-order valence-corrected chi connectivity index (χ1v) is 11.5. The zero-order chi connectivity index (χ0) is 21.3. The van der Waals surface area contributed by atoms with Crippen LogP contribution in [-0.4, -0.2) is 24.9 Å². The van der Waals surface area contributed by atoms with Gasteiger partial charge < -0.3 is 5.32 Å². The van der Waals surface area contributed by atoms with Crippen LogP contribution in [0.1, 0.15) is 44.1 Å². The van der Waals surface area contributed by atoms with Crippen molar-refractivity contribution in [3.05, 3.63) is 57.7 Å². The Balaban J connectivity index is 1.99. The number of benzene rings is 2. The molecule has 2 N–H and O–H groups in total. The summed E-state index contributed by atoms with van der Waals surface area (Å²) in [6.45, 7) is 7.46. The maximum atomic E-state index is 12.9. The van der Waals surface area contributed by atoms with E-state index in [2.05, 4.69) is 10.0 Å². The van der Waals surface area contributed by atoms with E-state index < -0.39 is 10.0 Å². The summed E-state index contributed by atoms with van der Waals surface area (Å²) in [4.78, 5) is 24.5. The number of sulfonamides is 1. The van der Waals surface area contributed by atoms with Gasteiger partial charge in [-0.25, -0.2) is 8.42 Å². The Labute approximate surface area is 173 Å². The number of thiazole rings is 1. The van der Waals surface area contributed by atoms with Crippen molar-refractivity contribution in [2.24, 2.45) is 0 Å². The van der Waals surface area contributed by atoms with Crippen molar-refractivity contribution in [1.29, 1.82) is 0 Å². The predicted octanol–water partition coefficient (Wildman–Crippen LogP) is 3.58. The van der Waals surface area contributed by atoms with Crippen LogP contribution < -0.4 is 14.9 Å². The molecule has 0 fully saturated rings. The molecular formula is C20H23N3O4S2. The number of amides is 1. The lowest BCUT2D eigenvalue weighted by Gasteiger charge is -2.14. The van der Waals surface area contributed by atoms with Crippen LogP contribution in [0, 0.1) is 0 Å². The Morgan fingerprint density at radius 3 is 2.41 bits per heavy atom. The first-order valence-electron chi connectivity index (χ1n) is 9.18. The van der Waals surface area contributed by atoms with E-state index >= 15 is 0 Å². The number of anilines is 1. The molecule has 0 spiro atoms. The minimum atomic E-state index is -3.95. The van der Waals surface area contributed by atoms with E-state index in [9.17, 15) is 18.0 Å². The lowest BCUT2D eigenvalue weighted by atomic mass is 10.1. The van der Waals surface area contributed by atoms with Gasteiger partial charge in [0.1, 0.15) is 0 Å². The van der Waals surface area contributed by atoms with Gasteiger partial charge in [-0.15, -0.1) is 0 Å². The van der Waals surface area contributed by atoms with Crippen LogP contribution in [0.2, 0.25) is 0 Å². The largest absolute Gasteiger partial charge is 0.350 e. The smallest absolute Gasteiger partial charge is 0.308 e. The molecule has 3 aromatic rings. The summed E-state index contributed by atoms with van der Waals surface area (Å²) in [6.07, 6.45) is 0. The van der Waals surface area contributed by atoms with Gasteiger partial charge >= 0.3 is 4.87 Å². The van der Waals surface area contributed by atoms with Crippen molar-refractivity contribution < 1.29 is 13.2 Å². The molecule has 0 radical (unpaired) electrons. The molecule has 0 aliphatic heterocycles. The summed E-state index contributed by atoms with van der Waals surface area (Å²) >= 11 is 1.01. The number of fused-ring (bicyclic) bond motifs is 1. The van der Waals surface area contributed by atoms with Crippen molar-refractivity contribution in [1.82, 2.24) is 9.88 Å². The van der Waals surface area contributed by atoms with Crippen LogP contribution in [-0.2, 0) is 10.0 Å². The zero-order valence-electron chi connectivity index (χ0n) is 16.6. The number of nitrogens with one attached hydrogen (secondary N) is 2. The van der Waals surface area contributed by atoms with Gasteiger partial charge in [0.05, 0.1) is 26.4 Å².